The van der Waals surface area contributed by atoms with Crippen LogP contribution in [0.2, 0.25) is 0 Å². The smallest absolute Gasteiger partial charge is 0.252 e. The van der Waals surface area contributed by atoms with Crippen LogP contribution in [-0.4, -0.2) is 56.0 Å². The highest BCUT2D eigenvalue weighted by atomic mass is 16.6. The molecule has 0 bridgehead atoms. The minimum atomic E-state index is -0.129. The molecule has 10 heteroatoms. The average Bonchev–Trinajstić information content (AvgIpc) is 3.56. The molecule has 2 aliphatic rings. The fraction of sp³-hybridized carbons (Fsp3) is 0.385. The SMILES string of the molecule is O=c1[nH]c2cc3c(cc2cc1CN(Cc1ccccc1)Cc1nnnn1C[C@H]1CCCO1)OCCO3. The Hall–Kier alpha value is -3.76. The minimum Gasteiger partial charge on any atom is -0.486 e. The van der Waals surface area contributed by atoms with Gasteiger partial charge < -0.3 is 19.2 Å². The van der Waals surface area contributed by atoms with Crippen molar-refractivity contribution in [3.8, 4) is 11.5 Å². The van der Waals surface area contributed by atoms with E-state index in [1.165, 1.54) is 0 Å². The van der Waals surface area contributed by atoms with Crippen LogP contribution in [0, 0.1) is 0 Å². The third-order valence-electron chi connectivity index (χ3n) is 6.60. The molecule has 2 aromatic carbocycles. The number of H-pyrrole nitrogens is 1. The van der Waals surface area contributed by atoms with Gasteiger partial charge >= 0.3 is 0 Å². The second-order valence-electron chi connectivity index (χ2n) is 9.25. The highest BCUT2D eigenvalue weighted by Crippen LogP contribution is 2.33. The Kier molecular flexibility index (Phi) is 6.35. The van der Waals surface area contributed by atoms with E-state index >= 15 is 0 Å². The first-order valence-corrected chi connectivity index (χ1v) is 12.3. The summed E-state index contributed by atoms with van der Waals surface area (Å²) in [6.07, 6.45) is 2.21. The number of aromatic amines is 1. The molecule has 0 saturated carbocycles. The van der Waals surface area contributed by atoms with Crippen molar-refractivity contribution in [2.24, 2.45) is 0 Å². The van der Waals surface area contributed by atoms with Crippen LogP contribution in [0.5, 0.6) is 11.5 Å². The van der Waals surface area contributed by atoms with E-state index < -0.39 is 0 Å². The van der Waals surface area contributed by atoms with Crippen molar-refractivity contribution in [3.63, 3.8) is 0 Å². The number of ether oxygens (including phenoxy) is 3. The Morgan fingerprint density at radius 2 is 1.83 bits per heavy atom. The van der Waals surface area contributed by atoms with Crippen LogP contribution >= 0.6 is 0 Å². The van der Waals surface area contributed by atoms with E-state index in [-0.39, 0.29) is 11.7 Å². The summed E-state index contributed by atoms with van der Waals surface area (Å²) in [5.74, 6) is 2.10. The maximum Gasteiger partial charge on any atom is 0.252 e. The summed E-state index contributed by atoms with van der Waals surface area (Å²) in [6.45, 7) is 4.00. The molecule has 1 atom stereocenters. The predicted octanol–water partition coefficient (Wildman–Crippen LogP) is 2.67. The predicted molar refractivity (Wildman–Crippen MR) is 132 cm³/mol. The summed E-state index contributed by atoms with van der Waals surface area (Å²) >= 11 is 0. The summed E-state index contributed by atoms with van der Waals surface area (Å²) in [6, 6.07) is 15.9. The summed E-state index contributed by atoms with van der Waals surface area (Å²) in [4.78, 5) is 18.3. The molecule has 0 radical (unpaired) electrons. The van der Waals surface area contributed by atoms with Crippen LogP contribution < -0.4 is 15.0 Å². The number of tetrazole rings is 1. The molecule has 1 saturated heterocycles. The first-order valence-electron chi connectivity index (χ1n) is 12.3. The molecule has 186 valence electrons. The lowest BCUT2D eigenvalue weighted by atomic mass is 10.1. The van der Waals surface area contributed by atoms with Crippen molar-refractivity contribution in [1.82, 2.24) is 30.1 Å². The quantitative estimate of drug-likeness (QED) is 0.403. The van der Waals surface area contributed by atoms with Crippen molar-refractivity contribution in [2.75, 3.05) is 19.8 Å². The normalized spacial score (nSPS) is 17.2. The lowest BCUT2D eigenvalue weighted by molar-refractivity contribution is 0.0914. The van der Waals surface area contributed by atoms with E-state index in [0.29, 0.717) is 56.5 Å². The monoisotopic (exact) mass is 488 g/mol. The molecule has 36 heavy (non-hydrogen) atoms. The van der Waals surface area contributed by atoms with E-state index in [2.05, 4.69) is 37.5 Å². The molecular weight excluding hydrogens is 460 g/mol. The standard InChI is InChI=1S/C26H28N6O4/c33-26-20(11-19-12-23-24(13-22(19)27-26)36-10-9-35-23)15-31(14-18-5-2-1-3-6-18)17-25-28-29-30-32(25)16-21-7-4-8-34-21/h1-3,5-6,11-13,21H,4,7-10,14-17H2,(H,27,33)/t21-/m1/s1. The molecule has 1 N–H and O–H groups in total. The maximum atomic E-state index is 13.1. The van der Waals surface area contributed by atoms with E-state index in [4.69, 9.17) is 14.2 Å². The Morgan fingerprint density at radius 3 is 2.64 bits per heavy atom. The van der Waals surface area contributed by atoms with Crippen molar-refractivity contribution in [3.05, 3.63) is 75.8 Å². The summed E-state index contributed by atoms with van der Waals surface area (Å²) in [5.41, 5.74) is 2.40. The van der Waals surface area contributed by atoms with Gasteiger partial charge in [0, 0.05) is 36.7 Å². The molecule has 6 rings (SSSR count). The van der Waals surface area contributed by atoms with Gasteiger partial charge in [-0.3, -0.25) is 9.69 Å². The fourth-order valence-corrected chi connectivity index (χ4v) is 4.82. The molecule has 2 aromatic heterocycles. The van der Waals surface area contributed by atoms with Gasteiger partial charge in [0.25, 0.3) is 5.56 Å². The number of fused-ring (bicyclic) bond motifs is 2. The van der Waals surface area contributed by atoms with Gasteiger partial charge in [0.1, 0.15) is 13.2 Å². The highest BCUT2D eigenvalue weighted by Gasteiger charge is 2.21. The second-order valence-corrected chi connectivity index (χ2v) is 9.25. The number of nitrogens with zero attached hydrogens (tertiary/aromatic N) is 5. The van der Waals surface area contributed by atoms with Crippen LogP contribution in [-0.2, 0) is 30.9 Å². The number of hydrogen-bond donors (Lipinski definition) is 1. The third kappa shape index (κ3) is 4.95. The molecule has 0 aliphatic carbocycles. The van der Waals surface area contributed by atoms with Gasteiger partial charge in [-0.15, -0.1) is 5.10 Å². The Balaban J connectivity index is 1.28. The van der Waals surface area contributed by atoms with Crippen LogP contribution in [0.3, 0.4) is 0 Å². The minimum absolute atomic E-state index is 0.129. The Morgan fingerprint density at radius 1 is 1.00 bits per heavy atom. The molecule has 0 amide bonds. The Bertz CT molecular complexity index is 1400. The molecule has 1 fully saturated rings. The van der Waals surface area contributed by atoms with Gasteiger partial charge in [0.2, 0.25) is 0 Å². The number of aromatic nitrogens is 5. The lowest BCUT2D eigenvalue weighted by Crippen LogP contribution is -2.29. The number of hydrogen-bond acceptors (Lipinski definition) is 8. The first kappa shape index (κ1) is 22.7. The molecular formula is C26H28N6O4. The molecule has 4 aromatic rings. The highest BCUT2D eigenvalue weighted by molar-refractivity contribution is 5.83. The number of nitrogens with one attached hydrogen (secondary N) is 1. The van der Waals surface area contributed by atoms with E-state index in [1.807, 2.05) is 41.1 Å². The van der Waals surface area contributed by atoms with Gasteiger partial charge in [0.15, 0.2) is 17.3 Å². The van der Waals surface area contributed by atoms with Gasteiger partial charge in [-0.05, 0) is 41.0 Å². The van der Waals surface area contributed by atoms with Crippen molar-refractivity contribution in [2.45, 2.75) is 45.1 Å². The summed E-state index contributed by atoms with van der Waals surface area (Å²) < 4.78 is 19.0. The van der Waals surface area contributed by atoms with E-state index in [0.717, 1.165) is 41.7 Å². The van der Waals surface area contributed by atoms with E-state index in [1.54, 1.807) is 0 Å². The van der Waals surface area contributed by atoms with Crippen LogP contribution in [0.25, 0.3) is 10.9 Å². The number of benzene rings is 2. The van der Waals surface area contributed by atoms with Gasteiger partial charge in [0.05, 0.1) is 24.7 Å². The molecule has 0 unspecified atom stereocenters. The largest absolute Gasteiger partial charge is 0.486 e. The fourth-order valence-electron chi connectivity index (χ4n) is 4.82. The Labute approximate surface area is 207 Å². The van der Waals surface area contributed by atoms with Crippen LogP contribution in [0.4, 0.5) is 0 Å². The van der Waals surface area contributed by atoms with Gasteiger partial charge in [-0.25, -0.2) is 4.68 Å². The topological polar surface area (TPSA) is 107 Å². The van der Waals surface area contributed by atoms with Crippen molar-refractivity contribution in [1.29, 1.82) is 0 Å². The number of pyridine rings is 1. The molecule has 4 heterocycles. The average molecular weight is 489 g/mol. The summed E-state index contributed by atoms with van der Waals surface area (Å²) in [7, 11) is 0. The third-order valence-corrected chi connectivity index (χ3v) is 6.60. The zero-order valence-electron chi connectivity index (χ0n) is 19.9. The van der Waals surface area contributed by atoms with Gasteiger partial charge in [-0.1, -0.05) is 30.3 Å². The second kappa shape index (κ2) is 10.1. The summed E-state index contributed by atoms with van der Waals surface area (Å²) in [5, 5.41) is 13.3. The molecule has 0 spiro atoms. The van der Waals surface area contributed by atoms with Crippen molar-refractivity contribution < 1.29 is 14.2 Å². The molecule has 10 nitrogen and oxygen atoms in total. The molecule has 2 aliphatic heterocycles. The first-order chi connectivity index (χ1) is 17.7. The van der Waals surface area contributed by atoms with Gasteiger partial charge in [-0.2, -0.15) is 0 Å². The van der Waals surface area contributed by atoms with Crippen molar-refractivity contribution >= 4 is 10.9 Å². The lowest BCUT2D eigenvalue weighted by Gasteiger charge is -2.23. The van der Waals surface area contributed by atoms with Crippen LogP contribution in [0.1, 0.15) is 29.8 Å². The zero-order chi connectivity index (χ0) is 24.3. The van der Waals surface area contributed by atoms with E-state index in [9.17, 15) is 4.79 Å². The zero-order valence-corrected chi connectivity index (χ0v) is 19.9. The maximum absolute atomic E-state index is 13.1. The number of rotatable bonds is 8. The van der Waals surface area contributed by atoms with Crippen LogP contribution in [0.15, 0.2) is 53.3 Å².